The maximum atomic E-state index is 15.0. The number of aromatic nitrogens is 4. The molecule has 0 spiro atoms. The number of hydrogen-bond donors (Lipinski definition) is 3. The smallest absolute Gasteiger partial charge is 0.422 e. The Morgan fingerprint density at radius 2 is 2.09 bits per heavy atom. The van der Waals surface area contributed by atoms with Gasteiger partial charge in [0.25, 0.3) is 0 Å². The van der Waals surface area contributed by atoms with Gasteiger partial charge in [0.15, 0.2) is 11.5 Å². The highest BCUT2D eigenvalue weighted by molar-refractivity contribution is 5.66. The Balaban J connectivity index is 1.86. The van der Waals surface area contributed by atoms with Gasteiger partial charge >= 0.3 is 6.18 Å². The molecule has 0 unspecified atom stereocenters. The quantitative estimate of drug-likeness (QED) is 0.461. The number of halogens is 5. The Kier molecular flexibility index (Phi) is 6.24. The van der Waals surface area contributed by atoms with E-state index in [0.717, 1.165) is 30.0 Å². The van der Waals surface area contributed by atoms with E-state index in [9.17, 15) is 32.3 Å². The minimum Gasteiger partial charge on any atom is -0.495 e. The minimum atomic E-state index is -5.10. The summed E-state index contributed by atoms with van der Waals surface area (Å²) >= 11 is 0. The molecule has 0 saturated carbocycles. The summed E-state index contributed by atoms with van der Waals surface area (Å²) in [4.78, 5) is 8.15. The first-order chi connectivity index (χ1) is 16.5. The lowest BCUT2D eigenvalue weighted by atomic mass is 10.0. The molecule has 14 heteroatoms. The van der Waals surface area contributed by atoms with E-state index >= 15 is 0 Å². The van der Waals surface area contributed by atoms with Crippen LogP contribution < -0.4 is 15.4 Å². The van der Waals surface area contributed by atoms with Crippen LogP contribution in [0.15, 0.2) is 18.3 Å². The third-order valence-corrected chi connectivity index (χ3v) is 5.75. The zero-order valence-electron chi connectivity index (χ0n) is 18.5. The average Bonchev–Trinajstić information content (AvgIpc) is 3.22. The molecule has 0 bridgehead atoms. The number of methoxy groups -OCH3 is 1. The van der Waals surface area contributed by atoms with Crippen molar-refractivity contribution >= 4 is 11.5 Å². The lowest BCUT2D eigenvalue weighted by Gasteiger charge is -2.28. The second kappa shape index (κ2) is 8.90. The van der Waals surface area contributed by atoms with E-state index in [2.05, 4.69) is 25.7 Å². The van der Waals surface area contributed by atoms with Gasteiger partial charge in [-0.05, 0) is 26.0 Å². The largest absolute Gasteiger partial charge is 0.495 e. The Hall–Kier alpha value is -3.57. The molecule has 35 heavy (non-hydrogen) atoms. The lowest BCUT2D eigenvalue weighted by molar-refractivity contribution is -0.261. The van der Waals surface area contributed by atoms with Gasteiger partial charge in [0.1, 0.15) is 40.9 Å². The number of hydrogen-bond acceptors (Lipinski definition) is 8. The normalized spacial score (nSPS) is 20.3. The zero-order chi connectivity index (χ0) is 25.5. The first-order valence-electron chi connectivity index (χ1n) is 10.4. The van der Waals surface area contributed by atoms with Crippen molar-refractivity contribution in [1.82, 2.24) is 24.9 Å². The van der Waals surface area contributed by atoms with Crippen molar-refractivity contribution in [3.8, 4) is 23.2 Å². The fourth-order valence-corrected chi connectivity index (χ4v) is 3.69. The van der Waals surface area contributed by atoms with E-state index in [1.54, 1.807) is 6.07 Å². The number of fused-ring (bicyclic) bond motifs is 1. The number of imidazole rings is 1. The van der Waals surface area contributed by atoms with Gasteiger partial charge in [-0.25, -0.2) is 23.3 Å². The average molecular weight is 497 g/mol. The van der Waals surface area contributed by atoms with E-state index in [0.29, 0.717) is 13.5 Å². The molecule has 0 amide bonds. The number of rotatable bonds is 5. The summed E-state index contributed by atoms with van der Waals surface area (Å²) in [5.74, 6) is -1.47. The molecule has 1 saturated heterocycles. The molecule has 3 N–H and O–H groups in total. The third kappa shape index (κ3) is 4.32. The molecule has 0 aliphatic carbocycles. The number of pyridine rings is 1. The third-order valence-electron chi connectivity index (χ3n) is 5.75. The topological polar surface area (TPSA) is 120 Å². The van der Waals surface area contributed by atoms with Gasteiger partial charge in [-0.15, -0.1) is 0 Å². The molecule has 4 heterocycles. The monoisotopic (exact) mass is 497 g/mol. The molecular formula is C21H20F5N7O2. The van der Waals surface area contributed by atoms with Crippen LogP contribution in [0.4, 0.5) is 27.8 Å². The highest BCUT2D eigenvalue weighted by atomic mass is 19.4. The zero-order valence-corrected chi connectivity index (χ0v) is 18.5. The van der Waals surface area contributed by atoms with Crippen LogP contribution in [0.2, 0.25) is 0 Å². The van der Waals surface area contributed by atoms with E-state index in [1.165, 1.54) is 0 Å². The van der Waals surface area contributed by atoms with Crippen LogP contribution in [-0.4, -0.2) is 63.3 Å². The molecule has 3 aromatic heterocycles. The van der Waals surface area contributed by atoms with Crippen LogP contribution in [0.1, 0.15) is 24.6 Å². The van der Waals surface area contributed by atoms with Gasteiger partial charge in [0.05, 0.1) is 24.9 Å². The summed E-state index contributed by atoms with van der Waals surface area (Å²) in [6.07, 6.45) is -4.99. The second-order valence-electron chi connectivity index (χ2n) is 8.13. The van der Waals surface area contributed by atoms with Gasteiger partial charge < -0.3 is 20.5 Å². The Bertz CT molecular complexity index is 1300. The van der Waals surface area contributed by atoms with Gasteiger partial charge in [-0.2, -0.15) is 23.5 Å². The van der Waals surface area contributed by atoms with E-state index in [1.807, 2.05) is 0 Å². The molecule has 9 nitrogen and oxygen atoms in total. The van der Waals surface area contributed by atoms with Crippen LogP contribution in [0.25, 0.3) is 17.0 Å². The fourth-order valence-electron chi connectivity index (χ4n) is 3.69. The van der Waals surface area contributed by atoms with Crippen molar-refractivity contribution in [2.24, 2.45) is 0 Å². The summed E-state index contributed by atoms with van der Waals surface area (Å²) in [5, 5.41) is 29.3. The number of aliphatic hydroxyl groups is 1. The highest BCUT2D eigenvalue weighted by Crippen LogP contribution is 2.41. The second-order valence-corrected chi connectivity index (χ2v) is 8.13. The standard InChI is InChI=1S/C21H20F5N7O2/c1-20(34,21(24,25)26)18-15(35-2)6-16-29-9-14(33(16)32-18)17-12(23)5-10(7-27)19(31-17)30-13-8-28-4-3-11(13)22/h5-6,9,11,13,28,34H,3-4,8H2,1-2H3,(H,30,31)/t11-,13-,20-/m0/s1. The van der Waals surface area contributed by atoms with Crippen molar-refractivity contribution < 1.29 is 31.8 Å². The minimum absolute atomic E-state index is 0.0149. The molecule has 186 valence electrons. The molecule has 1 fully saturated rings. The first-order valence-corrected chi connectivity index (χ1v) is 10.4. The van der Waals surface area contributed by atoms with Crippen LogP contribution >= 0.6 is 0 Å². The van der Waals surface area contributed by atoms with Crippen molar-refractivity contribution in [3.63, 3.8) is 0 Å². The van der Waals surface area contributed by atoms with Crippen molar-refractivity contribution in [2.75, 3.05) is 25.5 Å². The van der Waals surface area contributed by atoms with Gasteiger partial charge in [0.2, 0.25) is 5.60 Å². The van der Waals surface area contributed by atoms with Gasteiger partial charge in [-0.1, -0.05) is 0 Å². The van der Waals surface area contributed by atoms with E-state index in [4.69, 9.17) is 4.74 Å². The summed E-state index contributed by atoms with van der Waals surface area (Å²) in [7, 11) is 1.10. The summed E-state index contributed by atoms with van der Waals surface area (Å²) < 4.78 is 75.7. The van der Waals surface area contributed by atoms with Crippen molar-refractivity contribution in [3.05, 3.63) is 35.4 Å². The molecule has 0 radical (unpaired) electrons. The van der Waals surface area contributed by atoms with Crippen LogP contribution in [-0.2, 0) is 5.60 Å². The van der Waals surface area contributed by atoms with E-state index in [-0.39, 0.29) is 41.4 Å². The Labute approximate surface area is 195 Å². The number of nitrogens with one attached hydrogen (secondary N) is 2. The number of ether oxygens (including phenoxy) is 1. The van der Waals surface area contributed by atoms with E-state index < -0.39 is 41.2 Å². The number of nitrogens with zero attached hydrogens (tertiary/aromatic N) is 5. The van der Waals surface area contributed by atoms with Gasteiger partial charge in [0, 0.05) is 12.6 Å². The lowest BCUT2D eigenvalue weighted by Crippen LogP contribution is -2.46. The highest BCUT2D eigenvalue weighted by Gasteiger charge is 2.54. The first kappa shape index (κ1) is 24.6. The Morgan fingerprint density at radius 1 is 1.34 bits per heavy atom. The number of nitriles is 1. The SMILES string of the molecule is COc1cc2ncc(-c3nc(N[C@H]4CNCC[C@@H]4F)c(C#N)cc3F)n2nc1[C@](C)(O)C(F)(F)F. The van der Waals surface area contributed by atoms with Crippen LogP contribution in [0, 0.1) is 17.1 Å². The molecule has 0 aromatic carbocycles. The predicted molar refractivity (Wildman–Crippen MR) is 113 cm³/mol. The maximum absolute atomic E-state index is 15.0. The summed E-state index contributed by atoms with van der Waals surface area (Å²) in [6.45, 7) is 1.23. The van der Waals surface area contributed by atoms with Crippen LogP contribution in [0.3, 0.4) is 0 Å². The fraction of sp³-hybridized carbons (Fsp3) is 0.429. The van der Waals surface area contributed by atoms with Crippen molar-refractivity contribution in [1.29, 1.82) is 5.26 Å². The molecule has 4 rings (SSSR count). The molecule has 1 aliphatic rings. The van der Waals surface area contributed by atoms with Gasteiger partial charge in [-0.3, -0.25) is 0 Å². The predicted octanol–water partition coefficient (Wildman–Crippen LogP) is 2.69. The van der Waals surface area contributed by atoms with Crippen molar-refractivity contribution in [2.45, 2.75) is 37.3 Å². The summed E-state index contributed by atoms with van der Waals surface area (Å²) in [5.41, 5.74) is -5.03. The number of anilines is 1. The maximum Gasteiger partial charge on any atom is 0.422 e. The molecule has 1 aliphatic heterocycles. The van der Waals surface area contributed by atoms with Crippen LogP contribution in [0.5, 0.6) is 5.75 Å². The summed E-state index contributed by atoms with van der Waals surface area (Å²) in [6, 6.07) is 3.04. The molecule has 3 atom stereocenters. The number of alkyl halides is 4. The molecule has 3 aromatic rings. The number of piperidine rings is 1. The molecular weight excluding hydrogens is 477 g/mol. The Morgan fingerprint density at radius 3 is 2.71 bits per heavy atom.